The van der Waals surface area contributed by atoms with Crippen molar-refractivity contribution >= 4 is 15.7 Å². The van der Waals surface area contributed by atoms with E-state index in [9.17, 15) is 8.42 Å². The van der Waals surface area contributed by atoms with Gasteiger partial charge in [-0.05, 0) is 31.9 Å². The van der Waals surface area contributed by atoms with Crippen LogP contribution >= 0.6 is 0 Å². The van der Waals surface area contributed by atoms with Gasteiger partial charge >= 0.3 is 0 Å². The van der Waals surface area contributed by atoms with Crippen molar-refractivity contribution in [2.75, 3.05) is 18.4 Å². The van der Waals surface area contributed by atoms with Crippen LogP contribution in [0.15, 0.2) is 29.2 Å². The van der Waals surface area contributed by atoms with Gasteiger partial charge in [0, 0.05) is 19.1 Å². The molecule has 1 saturated carbocycles. The van der Waals surface area contributed by atoms with Crippen molar-refractivity contribution in [3.63, 3.8) is 0 Å². The van der Waals surface area contributed by atoms with Gasteiger partial charge in [-0.25, -0.2) is 8.42 Å². The van der Waals surface area contributed by atoms with Crippen LogP contribution in [-0.2, 0) is 10.0 Å². The topological polar surface area (TPSA) is 49.4 Å². The summed E-state index contributed by atoms with van der Waals surface area (Å²) in [6, 6.07) is 7.32. The molecule has 1 aromatic carbocycles. The summed E-state index contributed by atoms with van der Waals surface area (Å²) in [6.45, 7) is 5.10. The lowest BCUT2D eigenvalue weighted by Gasteiger charge is -2.21. The van der Waals surface area contributed by atoms with Gasteiger partial charge in [0.2, 0.25) is 10.0 Å². The Morgan fingerprint density at radius 1 is 1.28 bits per heavy atom. The summed E-state index contributed by atoms with van der Waals surface area (Å²) < 4.78 is 26.9. The number of nitrogens with zero attached hydrogens (tertiary/aromatic N) is 1. The molecule has 2 rings (SSSR count). The summed E-state index contributed by atoms with van der Waals surface area (Å²) in [5, 5.41) is 3.11. The molecule has 18 heavy (non-hydrogen) atoms. The van der Waals surface area contributed by atoms with Crippen molar-refractivity contribution in [2.45, 2.75) is 37.6 Å². The number of anilines is 1. The first-order valence-electron chi connectivity index (χ1n) is 6.46. The van der Waals surface area contributed by atoms with E-state index in [4.69, 9.17) is 0 Å². The van der Waals surface area contributed by atoms with Crippen molar-refractivity contribution in [3.8, 4) is 0 Å². The number of benzene rings is 1. The fraction of sp³-hybridized carbons (Fsp3) is 0.538. The number of hydrogen-bond donors (Lipinski definition) is 1. The van der Waals surface area contributed by atoms with E-state index in [0.29, 0.717) is 23.7 Å². The highest BCUT2D eigenvalue weighted by molar-refractivity contribution is 7.89. The maximum absolute atomic E-state index is 12.6. The quantitative estimate of drug-likeness (QED) is 0.861. The molecule has 0 unspecified atom stereocenters. The van der Waals surface area contributed by atoms with E-state index < -0.39 is 10.0 Å². The van der Waals surface area contributed by atoms with Crippen molar-refractivity contribution in [2.24, 2.45) is 0 Å². The van der Waals surface area contributed by atoms with Gasteiger partial charge in [0.25, 0.3) is 0 Å². The van der Waals surface area contributed by atoms with E-state index in [1.165, 1.54) is 0 Å². The highest BCUT2D eigenvalue weighted by Crippen LogP contribution is 2.33. The van der Waals surface area contributed by atoms with Gasteiger partial charge in [0.1, 0.15) is 4.90 Å². The molecule has 0 bridgehead atoms. The first kappa shape index (κ1) is 13.4. The Morgan fingerprint density at radius 3 is 2.50 bits per heavy atom. The van der Waals surface area contributed by atoms with Crippen LogP contribution in [0.4, 0.5) is 5.69 Å². The summed E-state index contributed by atoms with van der Waals surface area (Å²) in [5.74, 6) is 0. The molecule has 0 radical (unpaired) electrons. The molecule has 1 N–H and O–H groups in total. The van der Waals surface area contributed by atoms with E-state index >= 15 is 0 Å². The lowest BCUT2D eigenvalue weighted by Crippen LogP contribution is -2.33. The minimum absolute atomic E-state index is 0.203. The molecule has 1 aliphatic rings. The molecule has 1 aliphatic carbocycles. The largest absolute Gasteiger partial charge is 0.384 e. The highest BCUT2D eigenvalue weighted by Gasteiger charge is 2.37. The van der Waals surface area contributed by atoms with Gasteiger partial charge in [-0.2, -0.15) is 4.31 Å². The molecule has 0 heterocycles. The van der Waals surface area contributed by atoms with Crippen molar-refractivity contribution in [1.29, 1.82) is 0 Å². The standard InChI is InChI=1S/C13H20N2O2S/c1-3-14-12-7-5-6-8-13(12)18(16,17)15(4-2)11-9-10-11/h5-8,11,14H,3-4,9-10H2,1-2H3. The van der Waals surface area contributed by atoms with Crippen LogP contribution in [0.5, 0.6) is 0 Å². The lowest BCUT2D eigenvalue weighted by atomic mass is 10.3. The Hall–Kier alpha value is -1.07. The van der Waals surface area contributed by atoms with E-state index in [1.54, 1.807) is 16.4 Å². The zero-order valence-corrected chi connectivity index (χ0v) is 11.7. The summed E-state index contributed by atoms with van der Waals surface area (Å²) in [7, 11) is -3.37. The Kier molecular flexibility index (Phi) is 3.92. The van der Waals surface area contributed by atoms with Gasteiger partial charge in [-0.3, -0.25) is 0 Å². The van der Waals surface area contributed by atoms with Gasteiger partial charge in [-0.15, -0.1) is 0 Å². The van der Waals surface area contributed by atoms with Gasteiger partial charge in [0.15, 0.2) is 0 Å². The number of para-hydroxylation sites is 1. The normalized spacial score (nSPS) is 15.9. The molecular formula is C13H20N2O2S. The second kappa shape index (κ2) is 5.28. The van der Waals surface area contributed by atoms with Crippen LogP contribution in [-0.4, -0.2) is 31.9 Å². The Balaban J connectivity index is 2.39. The minimum Gasteiger partial charge on any atom is -0.384 e. The van der Waals surface area contributed by atoms with Crippen LogP contribution < -0.4 is 5.32 Å². The predicted molar refractivity (Wildman–Crippen MR) is 73.2 cm³/mol. The summed E-state index contributed by atoms with van der Waals surface area (Å²) in [5.41, 5.74) is 0.694. The Bertz CT molecular complexity index is 509. The molecule has 0 aliphatic heterocycles. The number of sulfonamides is 1. The first-order valence-corrected chi connectivity index (χ1v) is 7.90. The summed E-state index contributed by atoms with van der Waals surface area (Å²) in [6.07, 6.45) is 1.97. The van der Waals surface area contributed by atoms with Crippen molar-refractivity contribution in [1.82, 2.24) is 4.31 Å². The third-order valence-corrected chi connectivity index (χ3v) is 5.19. The smallest absolute Gasteiger partial charge is 0.245 e. The fourth-order valence-corrected chi connectivity index (χ4v) is 4.01. The highest BCUT2D eigenvalue weighted by atomic mass is 32.2. The molecule has 4 nitrogen and oxygen atoms in total. The molecule has 0 amide bonds. The van der Waals surface area contributed by atoms with Crippen LogP contribution in [0, 0.1) is 0 Å². The van der Waals surface area contributed by atoms with Gasteiger partial charge < -0.3 is 5.32 Å². The monoisotopic (exact) mass is 268 g/mol. The molecule has 1 aromatic rings. The number of nitrogens with one attached hydrogen (secondary N) is 1. The number of hydrogen-bond acceptors (Lipinski definition) is 3. The predicted octanol–water partition coefficient (Wildman–Crippen LogP) is 2.29. The molecule has 0 atom stereocenters. The zero-order valence-electron chi connectivity index (χ0n) is 10.9. The van der Waals surface area contributed by atoms with Gasteiger partial charge in [0.05, 0.1) is 5.69 Å². The van der Waals surface area contributed by atoms with Gasteiger partial charge in [-0.1, -0.05) is 19.1 Å². The average molecular weight is 268 g/mol. The molecule has 0 aromatic heterocycles. The fourth-order valence-electron chi connectivity index (χ4n) is 2.14. The molecule has 1 fully saturated rings. The number of rotatable bonds is 6. The van der Waals surface area contributed by atoms with Crippen molar-refractivity contribution < 1.29 is 8.42 Å². The molecular weight excluding hydrogens is 248 g/mol. The van der Waals surface area contributed by atoms with E-state index in [-0.39, 0.29) is 6.04 Å². The molecule has 5 heteroatoms. The Morgan fingerprint density at radius 2 is 1.94 bits per heavy atom. The lowest BCUT2D eigenvalue weighted by molar-refractivity contribution is 0.421. The molecule has 0 saturated heterocycles. The Labute approximate surface area is 109 Å². The van der Waals surface area contributed by atoms with E-state index in [0.717, 1.165) is 12.8 Å². The second-order valence-corrected chi connectivity index (χ2v) is 6.33. The SMILES string of the molecule is CCNc1ccccc1S(=O)(=O)N(CC)C1CC1. The zero-order chi connectivity index (χ0) is 13.2. The van der Waals surface area contributed by atoms with Crippen LogP contribution in [0.25, 0.3) is 0 Å². The second-order valence-electron chi connectivity index (χ2n) is 4.47. The van der Waals surface area contributed by atoms with Crippen LogP contribution in [0.2, 0.25) is 0 Å². The summed E-state index contributed by atoms with van der Waals surface area (Å²) >= 11 is 0. The molecule has 0 spiro atoms. The third kappa shape index (κ3) is 2.52. The van der Waals surface area contributed by atoms with E-state index in [2.05, 4.69) is 5.32 Å². The van der Waals surface area contributed by atoms with Crippen molar-refractivity contribution in [3.05, 3.63) is 24.3 Å². The maximum atomic E-state index is 12.6. The molecule has 100 valence electrons. The van der Waals surface area contributed by atoms with E-state index in [1.807, 2.05) is 26.0 Å². The average Bonchev–Trinajstić information content (AvgIpc) is 3.15. The maximum Gasteiger partial charge on any atom is 0.245 e. The minimum atomic E-state index is -3.37. The van der Waals surface area contributed by atoms with Crippen LogP contribution in [0.1, 0.15) is 26.7 Å². The van der Waals surface area contributed by atoms with Crippen LogP contribution in [0.3, 0.4) is 0 Å². The first-order chi connectivity index (χ1) is 8.61. The third-order valence-electron chi connectivity index (χ3n) is 3.11. The summed E-state index contributed by atoms with van der Waals surface area (Å²) in [4.78, 5) is 0.389.